The van der Waals surface area contributed by atoms with E-state index in [4.69, 9.17) is 0 Å². The summed E-state index contributed by atoms with van der Waals surface area (Å²) in [5.74, 6) is 0.234. The summed E-state index contributed by atoms with van der Waals surface area (Å²) in [6.45, 7) is 2.89. The summed E-state index contributed by atoms with van der Waals surface area (Å²) in [5.41, 5.74) is 0. The van der Waals surface area contributed by atoms with Crippen LogP contribution >= 0.6 is 11.8 Å². The molecule has 0 spiro atoms. The molecule has 0 saturated heterocycles. The van der Waals surface area contributed by atoms with Gasteiger partial charge >= 0.3 is 0 Å². The Morgan fingerprint density at radius 2 is 1.88 bits per heavy atom. The maximum atomic E-state index is 11.2. The average molecular weight is 279 g/mol. The van der Waals surface area contributed by atoms with Gasteiger partial charge in [-0.05, 0) is 26.0 Å². The lowest BCUT2D eigenvalue weighted by Crippen LogP contribution is -2.44. The second-order valence-corrected chi connectivity index (χ2v) is 8.78. The number of hydrogen-bond donors (Lipinski definition) is 1. The van der Waals surface area contributed by atoms with Gasteiger partial charge in [-0.2, -0.15) is 11.8 Å². The van der Waals surface area contributed by atoms with Crippen molar-refractivity contribution < 1.29 is 8.42 Å². The van der Waals surface area contributed by atoms with Gasteiger partial charge in [-0.3, -0.25) is 0 Å². The van der Waals surface area contributed by atoms with Gasteiger partial charge in [0.25, 0.3) is 0 Å². The molecule has 3 nitrogen and oxygen atoms in total. The molecule has 0 aromatic heterocycles. The van der Waals surface area contributed by atoms with Crippen LogP contribution in [0, 0.1) is 0 Å². The molecule has 17 heavy (non-hydrogen) atoms. The highest BCUT2D eigenvalue weighted by Crippen LogP contribution is 2.37. The van der Waals surface area contributed by atoms with Crippen molar-refractivity contribution in [3.8, 4) is 0 Å². The number of nitrogens with one attached hydrogen (secondary N) is 1. The van der Waals surface area contributed by atoms with Crippen LogP contribution < -0.4 is 5.32 Å². The number of rotatable bonds is 6. The number of thioether (sulfide) groups is 1. The molecule has 1 saturated carbocycles. The van der Waals surface area contributed by atoms with Crippen LogP contribution in [0.4, 0.5) is 0 Å². The molecule has 1 fully saturated rings. The van der Waals surface area contributed by atoms with Gasteiger partial charge < -0.3 is 5.32 Å². The molecule has 0 aliphatic heterocycles. The van der Waals surface area contributed by atoms with E-state index in [1.54, 1.807) is 0 Å². The zero-order chi connectivity index (χ0) is 12.9. The Hall–Kier alpha value is 0.260. The fraction of sp³-hybridized carbons (Fsp3) is 1.00. The van der Waals surface area contributed by atoms with Gasteiger partial charge in [0.15, 0.2) is 0 Å². The Morgan fingerprint density at radius 3 is 2.35 bits per heavy atom. The molecule has 1 unspecified atom stereocenters. The monoisotopic (exact) mass is 279 g/mol. The highest BCUT2D eigenvalue weighted by Gasteiger charge is 2.31. The topological polar surface area (TPSA) is 46.2 Å². The molecule has 1 aliphatic rings. The predicted molar refractivity (Wildman–Crippen MR) is 76.5 cm³/mol. The van der Waals surface area contributed by atoms with Crippen molar-refractivity contribution in [1.82, 2.24) is 5.32 Å². The summed E-state index contributed by atoms with van der Waals surface area (Å²) >= 11 is 1.94. The van der Waals surface area contributed by atoms with Gasteiger partial charge in [0.2, 0.25) is 0 Å². The fourth-order valence-corrected chi connectivity index (χ4v) is 4.47. The largest absolute Gasteiger partial charge is 0.312 e. The van der Waals surface area contributed by atoms with Crippen molar-refractivity contribution in [2.24, 2.45) is 0 Å². The minimum Gasteiger partial charge on any atom is -0.312 e. The molecule has 1 atom stereocenters. The number of sulfone groups is 1. The summed E-state index contributed by atoms with van der Waals surface area (Å²) in [7, 11) is -2.87. The summed E-state index contributed by atoms with van der Waals surface area (Å²) in [6.07, 6.45) is 9.96. The van der Waals surface area contributed by atoms with E-state index in [1.807, 2.05) is 18.7 Å². The van der Waals surface area contributed by atoms with Crippen LogP contribution in [-0.4, -0.2) is 44.0 Å². The summed E-state index contributed by atoms with van der Waals surface area (Å²) < 4.78 is 22.7. The SMILES string of the molecule is CSC1(CNC(C)CS(C)(=O)=O)CCCCC1. The van der Waals surface area contributed by atoms with Crippen molar-refractivity contribution in [3.05, 3.63) is 0 Å². The standard InChI is InChI=1S/C12H25NO2S2/c1-11(9-17(3,14)15)13-10-12(16-2)7-5-4-6-8-12/h11,13H,4-10H2,1-3H3. The van der Waals surface area contributed by atoms with Crippen molar-refractivity contribution in [3.63, 3.8) is 0 Å². The lowest BCUT2D eigenvalue weighted by molar-refractivity contribution is 0.370. The summed E-state index contributed by atoms with van der Waals surface area (Å²) in [6, 6.07) is 0.0518. The highest BCUT2D eigenvalue weighted by atomic mass is 32.2. The molecular formula is C12H25NO2S2. The predicted octanol–water partition coefficient (Wildman–Crippen LogP) is 2.07. The molecule has 0 bridgehead atoms. The minimum absolute atomic E-state index is 0.0518. The first-order valence-electron chi connectivity index (χ1n) is 6.33. The first-order valence-corrected chi connectivity index (χ1v) is 9.62. The zero-order valence-corrected chi connectivity index (χ0v) is 12.8. The smallest absolute Gasteiger partial charge is 0.148 e. The van der Waals surface area contributed by atoms with E-state index in [2.05, 4.69) is 11.6 Å². The molecule has 0 amide bonds. The van der Waals surface area contributed by atoms with Crippen LogP contribution in [0.2, 0.25) is 0 Å². The van der Waals surface area contributed by atoms with Gasteiger partial charge in [-0.1, -0.05) is 19.3 Å². The quantitative estimate of drug-likeness (QED) is 0.808. The van der Waals surface area contributed by atoms with Crippen molar-refractivity contribution in [2.45, 2.75) is 49.8 Å². The van der Waals surface area contributed by atoms with Crippen LogP contribution in [0.3, 0.4) is 0 Å². The fourth-order valence-electron chi connectivity index (χ4n) is 2.52. The Balaban J connectivity index is 2.42. The molecule has 0 radical (unpaired) electrons. The van der Waals surface area contributed by atoms with E-state index in [9.17, 15) is 8.42 Å². The molecule has 5 heteroatoms. The van der Waals surface area contributed by atoms with Gasteiger partial charge in [-0.25, -0.2) is 8.42 Å². The number of hydrogen-bond acceptors (Lipinski definition) is 4. The second kappa shape index (κ2) is 6.43. The zero-order valence-electron chi connectivity index (χ0n) is 11.2. The Labute approximate surface area is 110 Å². The Morgan fingerprint density at radius 1 is 1.29 bits per heavy atom. The molecule has 1 rings (SSSR count). The molecule has 102 valence electrons. The van der Waals surface area contributed by atoms with Gasteiger partial charge in [0.05, 0.1) is 5.75 Å². The summed E-state index contributed by atoms with van der Waals surface area (Å²) in [5, 5.41) is 3.40. The maximum Gasteiger partial charge on any atom is 0.148 e. The van der Waals surface area contributed by atoms with Crippen molar-refractivity contribution >= 4 is 21.6 Å². The van der Waals surface area contributed by atoms with Gasteiger partial charge in [0.1, 0.15) is 9.84 Å². The summed E-state index contributed by atoms with van der Waals surface area (Å²) in [4.78, 5) is 0. The Bertz CT molecular complexity index is 321. The molecule has 1 aliphatic carbocycles. The third-order valence-corrected chi connectivity index (χ3v) is 6.05. The van der Waals surface area contributed by atoms with E-state index in [-0.39, 0.29) is 11.8 Å². The lowest BCUT2D eigenvalue weighted by Gasteiger charge is -2.36. The van der Waals surface area contributed by atoms with E-state index < -0.39 is 9.84 Å². The van der Waals surface area contributed by atoms with Crippen LogP contribution in [-0.2, 0) is 9.84 Å². The van der Waals surface area contributed by atoms with Crippen LogP contribution in [0.25, 0.3) is 0 Å². The van der Waals surface area contributed by atoms with E-state index in [0.29, 0.717) is 4.75 Å². The third kappa shape index (κ3) is 5.62. The molecular weight excluding hydrogens is 254 g/mol. The molecule has 1 N–H and O–H groups in total. The van der Waals surface area contributed by atoms with Crippen LogP contribution in [0.15, 0.2) is 0 Å². The maximum absolute atomic E-state index is 11.2. The van der Waals surface area contributed by atoms with E-state index in [1.165, 1.54) is 38.4 Å². The third-order valence-electron chi connectivity index (χ3n) is 3.52. The molecule has 0 heterocycles. The van der Waals surface area contributed by atoms with Crippen molar-refractivity contribution in [2.75, 3.05) is 24.8 Å². The molecule has 0 aromatic carbocycles. The molecule has 0 aromatic rings. The highest BCUT2D eigenvalue weighted by molar-refractivity contribution is 8.00. The van der Waals surface area contributed by atoms with Crippen molar-refractivity contribution in [1.29, 1.82) is 0 Å². The minimum atomic E-state index is -2.87. The van der Waals surface area contributed by atoms with E-state index in [0.717, 1.165) is 6.54 Å². The van der Waals surface area contributed by atoms with Crippen LogP contribution in [0.1, 0.15) is 39.0 Å². The van der Waals surface area contributed by atoms with E-state index >= 15 is 0 Å². The van der Waals surface area contributed by atoms with Gasteiger partial charge in [0, 0.05) is 23.6 Å². The second-order valence-electron chi connectivity index (χ2n) is 5.32. The lowest BCUT2D eigenvalue weighted by atomic mass is 9.88. The average Bonchev–Trinajstić information content (AvgIpc) is 2.25. The first kappa shape index (κ1) is 15.3. The van der Waals surface area contributed by atoms with Gasteiger partial charge in [-0.15, -0.1) is 0 Å². The Kier molecular flexibility index (Phi) is 5.80. The normalized spacial score (nSPS) is 22.3. The van der Waals surface area contributed by atoms with Crippen LogP contribution in [0.5, 0.6) is 0 Å². The first-order chi connectivity index (χ1) is 7.87.